The van der Waals surface area contributed by atoms with Crippen LogP contribution < -0.4 is 10.6 Å². The number of fused-ring (bicyclic) bond motifs is 2. The number of halogens is 2. The minimum absolute atomic E-state index is 0.0294. The molecule has 4 amide bonds. The zero-order chi connectivity index (χ0) is 19.2. The van der Waals surface area contributed by atoms with Gasteiger partial charge in [0, 0.05) is 0 Å². The first-order valence-corrected chi connectivity index (χ1v) is 8.76. The molecule has 2 aliphatic rings. The van der Waals surface area contributed by atoms with Gasteiger partial charge in [-0.1, -0.05) is 35.9 Å². The fraction of sp³-hybridized carbons (Fsp3) is 0.211. The lowest BCUT2D eigenvalue weighted by molar-refractivity contribution is -0.134. The summed E-state index contributed by atoms with van der Waals surface area (Å²) < 4.78 is 13.1. The van der Waals surface area contributed by atoms with Crippen LogP contribution in [0, 0.1) is 5.82 Å². The Morgan fingerprint density at radius 3 is 2.81 bits per heavy atom. The van der Waals surface area contributed by atoms with E-state index in [0.29, 0.717) is 12.8 Å². The number of hydrogen-bond acceptors (Lipinski definition) is 3. The van der Waals surface area contributed by atoms with Crippen molar-refractivity contribution in [3.63, 3.8) is 0 Å². The number of anilines is 1. The number of hydrogen-bond donors (Lipinski definition) is 2. The molecule has 2 aromatic rings. The van der Waals surface area contributed by atoms with E-state index < -0.39 is 35.7 Å². The van der Waals surface area contributed by atoms with Gasteiger partial charge < -0.3 is 10.6 Å². The monoisotopic (exact) mass is 387 g/mol. The minimum Gasteiger partial charge on any atom is -0.323 e. The Morgan fingerprint density at radius 2 is 2.04 bits per heavy atom. The molecule has 1 aliphatic heterocycles. The summed E-state index contributed by atoms with van der Waals surface area (Å²) in [5.41, 5.74) is 0.876. The second kappa shape index (κ2) is 6.35. The highest BCUT2D eigenvalue weighted by Gasteiger charge is 2.55. The first kappa shape index (κ1) is 17.5. The predicted octanol–water partition coefficient (Wildman–Crippen LogP) is 2.81. The van der Waals surface area contributed by atoms with Crippen LogP contribution in [0.3, 0.4) is 0 Å². The number of urea groups is 1. The second-order valence-corrected chi connectivity index (χ2v) is 6.96. The van der Waals surface area contributed by atoms with Crippen LogP contribution in [-0.2, 0) is 21.5 Å². The fourth-order valence-electron chi connectivity index (χ4n) is 3.66. The number of nitrogens with zero attached hydrogens (tertiary/aromatic N) is 1. The Bertz CT molecular complexity index is 980. The smallest absolute Gasteiger partial charge is 0.323 e. The van der Waals surface area contributed by atoms with Crippen LogP contribution >= 0.6 is 11.6 Å². The van der Waals surface area contributed by atoms with Crippen molar-refractivity contribution in [2.24, 2.45) is 0 Å². The van der Waals surface area contributed by atoms with Crippen molar-refractivity contribution in [1.29, 1.82) is 0 Å². The van der Waals surface area contributed by atoms with Gasteiger partial charge in [-0.25, -0.2) is 9.18 Å². The van der Waals surface area contributed by atoms with Crippen molar-refractivity contribution in [2.45, 2.75) is 18.4 Å². The Kier molecular flexibility index (Phi) is 4.11. The Labute approximate surface area is 159 Å². The van der Waals surface area contributed by atoms with Crippen LogP contribution in [0.2, 0.25) is 5.02 Å². The van der Waals surface area contributed by atoms with Crippen LogP contribution in [0.4, 0.5) is 14.9 Å². The summed E-state index contributed by atoms with van der Waals surface area (Å²) in [4.78, 5) is 38.6. The third kappa shape index (κ3) is 2.84. The molecule has 2 aromatic carbocycles. The third-order valence-corrected chi connectivity index (χ3v) is 5.24. The molecule has 6 nitrogen and oxygen atoms in total. The van der Waals surface area contributed by atoms with Crippen molar-refractivity contribution in [3.8, 4) is 0 Å². The van der Waals surface area contributed by atoms with Gasteiger partial charge in [0.2, 0.25) is 5.91 Å². The molecule has 0 aromatic heterocycles. The topological polar surface area (TPSA) is 78.5 Å². The number of rotatable bonds is 3. The Balaban J connectivity index is 1.53. The second-order valence-electron chi connectivity index (χ2n) is 6.56. The van der Waals surface area contributed by atoms with Crippen molar-refractivity contribution < 1.29 is 18.8 Å². The lowest BCUT2D eigenvalue weighted by Gasteiger charge is -2.22. The van der Waals surface area contributed by atoms with E-state index in [1.54, 1.807) is 0 Å². The molecule has 1 saturated heterocycles. The molecule has 138 valence electrons. The summed E-state index contributed by atoms with van der Waals surface area (Å²) >= 11 is 5.89. The standard InChI is InChI=1S/C19H15ClFN3O3/c20-14-9-12(21)5-6-15(14)22-16(25)10-24-17(26)19(23-18(24)27)8-7-11-3-1-2-4-13(11)19/h1-6,9H,7-8,10H2,(H,22,25)(H,23,27)/t19-/m0/s1. The molecular weight excluding hydrogens is 373 g/mol. The van der Waals surface area contributed by atoms with Gasteiger partial charge in [-0.05, 0) is 42.2 Å². The lowest BCUT2D eigenvalue weighted by atomic mass is 9.92. The molecule has 27 heavy (non-hydrogen) atoms. The maximum absolute atomic E-state index is 13.1. The van der Waals surface area contributed by atoms with Gasteiger partial charge in [0.15, 0.2) is 0 Å². The highest BCUT2D eigenvalue weighted by Crippen LogP contribution is 2.41. The van der Waals surface area contributed by atoms with Gasteiger partial charge >= 0.3 is 6.03 Å². The van der Waals surface area contributed by atoms with Crippen molar-refractivity contribution >= 4 is 35.1 Å². The Hall–Kier alpha value is -2.93. The summed E-state index contributed by atoms with van der Waals surface area (Å²) in [6.07, 6.45) is 1.13. The van der Waals surface area contributed by atoms with Crippen molar-refractivity contribution in [2.75, 3.05) is 11.9 Å². The summed E-state index contributed by atoms with van der Waals surface area (Å²) in [5.74, 6) is -1.58. The van der Waals surface area contributed by atoms with E-state index in [1.807, 2.05) is 24.3 Å². The summed E-state index contributed by atoms with van der Waals surface area (Å²) in [6, 6.07) is 10.4. The molecule has 1 spiro atoms. The molecule has 1 fully saturated rings. The summed E-state index contributed by atoms with van der Waals surface area (Å²) in [5, 5.41) is 5.28. The number of carbonyl (C=O) groups is 3. The number of aryl methyl sites for hydroxylation is 1. The maximum Gasteiger partial charge on any atom is 0.325 e. The molecule has 0 unspecified atom stereocenters. The third-order valence-electron chi connectivity index (χ3n) is 4.93. The van der Waals surface area contributed by atoms with Crippen molar-refractivity contribution in [1.82, 2.24) is 10.2 Å². The van der Waals surface area contributed by atoms with E-state index in [0.717, 1.165) is 28.2 Å². The van der Waals surface area contributed by atoms with E-state index >= 15 is 0 Å². The maximum atomic E-state index is 13.1. The number of nitrogens with one attached hydrogen (secondary N) is 2. The van der Waals surface area contributed by atoms with Gasteiger partial charge in [0.25, 0.3) is 5.91 Å². The van der Waals surface area contributed by atoms with Crippen LogP contribution in [-0.4, -0.2) is 29.3 Å². The van der Waals surface area contributed by atoms with E-state index in [2.05, 4.69) is 10.6 Å². The van der Waals surface area contributed by atoms with Crippen LogP contribution in [0.25, 0.3) is 0 Å². The molecule has 4 rings (SSSR count). The molecule has 0 saturated carbocycles. The molecule has 1 aliphatic carbocycles. The Morgan fingerprint density at radius 1 is 1.26 bits per heavy atom. The highest BCUT2D eigenvalue weighted by atomic mass is 35.5. The first-order chi connectivity index (χ1) is 12.9. The zero-order valence-corrected chi connectivity index (χ0v) is 14.8. The minimum atomic E-state index is -1.11. The van der Waals surface area contributed by atoms with Gasteiger partial charge in [-0.15, -0.1) is 0 Å². The average Bonchev–Trinajstić information content (AvgIpc) is 3.11. The zero-order valence-electron chi connectivity index (χ0n) is 14.1. The van der Waals surface area contributed by atoms with E-state index in [-0.39, 0.29) is 10.7 Å². The SMILES string of the molecule is O=C(CN1C(=O)N[C@]2(CCc3ccccc32)C1=O)Nc1ccc(F)cc1Cl. The van der Waals surface area contributed by atoms with Crippen molar-refractivity contribution in [3.05, 3.63) is 64.4 Å². The molecule has 8 heteroatoms. The first-order valence-electron chi connectivity index (χ1n) is 8.38. The van der Waals surface area contributed by atoms with Gasteiger partial charge in [-0.3, -0.25) is 14.5 Å². The number of benzene rings is 2. The summed E-state index contributed by atoms with van der Waals surface area (Å²) in [6.45, 7) is -0.456. The molecular formula is C19H15ClFN3O3. The van der Waals surface area contributed by atoms with Crippen LogP contribution in [0.5, 0.6) is 0 Å². The number of carbonyl (C=O) groups excluding carboxylic acids is 3. The predicted molar refractivity (Wildman–Crippen MR) is 96.7 cm³/mol. The molecule has 1 atom stereocenters. The fourth-order valence-corrected chi connectivity index (χ4v) is 3.87. The molecule has 2 N–H and O–H groups in total. The van der Waals surface area contributed by atoms with Gasteiger partial charge in [0.05, 0.1) is 10.7 Å². The highest BCUT2D eigenvalue weighted by molar-refractivity contribution is 6.33. The summed E-state index contributed by atoms with van der Waals surface area (Å²) in [7, 11) is 0. The van der Waals surface area contributed by atoms with Gasteiger partial charge in [0.1, 0.15) is 17.9 Å². The van der Waals surface area contributed by atoms with Gasteiger partial charge in [-0.2, -0.15) is 0 Å². The van der Waals surface area contributed by atoms with E-state index in [4.69, 9.17) is 11.6 Å². The quantitative estimate of drug-likeness (QED) is 0.795. The lowest BCUT2D eigenvalue weighted by Crippen LogP contribution is -2.43. The van der Waals surface area contributed by atoms with Crippen LogP contribution in [0.1, 0.15) is 17.5 Å². The van der Waals surface area contributed by atoms with E-state index in [9.17, 15) is 18.8 Å². The normalized spacial score (nSPS) is 20.7. The molecule has 0 bridgehead atoms. The van der Waals surface area contributed by atoms with E-state index in [1.165, 1.54) is 6.07 Å². The van der Waals surface area contributed by atoms with Crippen LogP contribution in [0.15, 0.2) is 42.5 Å². The molecule has 1 heterocycles. The number of imide groups is 1. The molecule has 0 radical (unpaired) electrons. The number of amides is 4. The largest absolute Gasteiger partial charge is 0.325 e. The average molecular weight is 388 g/mol.